The molecule has 0 unspecified atom stereocenters. The number of H-pyrrole nitrogens is 1. The molecule has 0 saturated heterocycles. The zero-order chi connectivity index (χ0) is 19.4. The van der Waals surface area contributed by atoms with Gasteiger partial charge in [-0.3, -0.25) is 9.59 Å². The first-order valence-corrected chi connectivity index (χ1v) is 8.65. The van der Waals surface area contributed by atoms with Crippen LogP contribution in [0.3, 0.4) is 0 Å². The largest absolute Gasteiger partial charge is 0.465 e. The Bertz CT molecular complexity index is 874. The van der Waals surface area contributed by atoms with E-state index in [1.54, 1.807) is 19.9 Å². The second-order valence-corrected chi connectivity index (χ2v) is 6.72. The lowest BCUT2D eigenvalue weighted by Crippen LogP contribution is -2.33. The molecular weight excluding hydrogens is 402 g/mol. The molecule has 0 bridgehead atoms. The van der Waals surface area contributed by atoms with Crippen molar-refractivity contribution in [2.24, 2.45) is 0 Å². The van der Waals surface area contributed by atoms with Crippen molar-refractivity contribution in [3.05, 3.63) is 50.8 Å². The summed E-state index contributed by atoms with van der Waals surface area (Å²) in [6.07, 6.45) is 0. The van der Waals surface area contributed by atoms with Crippen molar-refractivity contribution in [2.75, 3.05) is 19.0 Å². The summed E-state index contributed by atoms with van der Waals surface area (Å²) >= 11 is 3.36. The van der Waals surface area contributed by atoms with Crippen LogP contribution in [0.4, 0.5) is 5.69 Å². The van der Waals surface area contributed by atoms with Crippen molar-refractivity contribution >= 4 is 39.4 Å². The van der Waals surface area contributed by atoms with Gasteiger partial charge in [-0.05, 0) is 50.1 Å². The minimum absolute atomic E-state index is 0.195. The van der Waals surface area contributed by atoms with E-state index in [1.807, 2.05) is 19.1 Å². The summed E-state index contributed by atoms with van der Waals surface area (Å²) < 4.78 is 5.63. The van der Waals surface area contributed by atoms with E-state index in [1.165, 1.54) is 7.11 Å². The summed E-state index contributed by atoms with van der Waals surface area (Å²) in [5, 5.41) is 5.29. The van der Waals surface area contributed by atoms with Gasteiger partial charge >= 0.3 is 5.97 Å². The number of hydrogen-bond acceptors (Lipinski definition) is 4. The number of halogens is 1. The summed E-state index contributed by atoms with van der Waals surface area (Å²) in [7, 11) is 1.28. The van der Waals surface area contributed by atoms with Gasteiger partial charge in [-0.2, -0.15) is 0 Å². The van der Waals surface area contributed by atoms with Crippen molar-refractivity contribution in [3.8, 4) is 0 Å². The third-order valence-corrected chi connectivity index (χ3v) is 4.42. The van der Waals surface area contributed by atoms with E-state index in [0.717, 1.165) is 10.0 Å². The Morgan fingerprint density at radius 3 is 2.50 bits per heavy atom. The number of carbonyl (C=O) groups is 3. The maximum absolute atomic E-state index is 12.3. The van der Waals surface area contributed by atoms with E-state index in [0.29, 0.717) is 22.5 Å². The lowest BCUT2D eigenvalue weighted by molar-refractivity contribution is -0.115. The average molecular weight is 422 g/mol. The Balaban J connectivity index is 2.02. The number of benzene rings is 1. The van der Waals surface area contributed by atoms with E-state index < -0.39 is 11.9 Å². The molecular formula is C18H20BrN3O4. The second-order valence-electron chi connectivity index (χ2n) is 5.81. The van der Waals surface area contributed by atoms with Gasteiger partial charge in [0.15, 0.2) is 0 Å². The number of amides is 2. The molecule has 0 aliphatic rings. The lowest BCUT2D eigenvalue weighted by atomic mass is 10.1. The standard InChI is InChI=1S/C18H20BrN3O4/c1-9-7-12(19)5-6-13(9)22-14(23)8-20-17(24)16-10(2)15(11(3)21-16)18(25)26-4/h5-7,21H,8H2,1-4H3,(H,20,24)(H,22,23). The first kappa shape index (κ1) is 19.7. The molecule has 2 rings (SSSR count). The lowest BCUT2D eigenvalue weighted by Gasteiger charge is -2.09. The highest BCUT2D eigenvalue weighted by molar-refractivity contribution is 9.10. The van der Waals surface area contributed by atoms with Gasteiger partial charge in [-0.1, -0.05) is 15.9 Å². The summed E-state index contributed by atoms with van der Waals surface area (Å²) in [6, 6.07) is 5.48. The molecule has 0 spiro atoms. The molecule has 0 aliphatic heterocycles. The molecule has 2 amide bonds. The van der Waals surface area contributed by atoms with Crippen LogP contribution in [-0.2, 0) is 9.53 Å². The van der Waals surface area contributed by atoms with Crippen molar-refractivity contribution in [1.82, 2.24) is 10.3 Å². The predicted molar refractivity (Wildman–Crippen MR) is 101 cm³/mol. The number of hydrogen-bond donors (Lipinski definition) is 3. The van der Waals surface area contributed by atoms with Gasteiger partial charge in [0, 0.05) is 15.9 Å². The molecule has 138 valence electrons. The Labute approximate surface area is 159 Å². The number of nitrogens with one attached hydrogen (secondary N) is 3. The van der Waals surface area contributed by atoms with Gasteiger partial charge in [-0.15, -0.1) is 0 Å². The fourth-order valence-electron chi connectivity index (χ4n) is 2.60. The first-order valence-electron chi connectivity index (χ1n) is 7.86. The van der Waals surface area contributed by atoms with Crippen LogP contribution in [0.1, 0.15) is 37.7 Å². The Kier molecular flexibility index (Phi) is 6.20. The molecule has 0 atom stereocenters. The number of aromatic amines is 1. The number of aryl methyl sites for hydroxylation is 2. The predicted octanol–water partition coefficient (Wildman–Crippen LogP) is 2.86. The molecule has 0 saturated carbocycles. The summed E-state index contributed by atoms with van der Waals surface area (Å²) in [6.45, 7) is 5.01. The highest BCUT2D eigenvalue weighted by Crippen LogP contribution is 2.20. The minimum Gasteiger partial charge on any atom is -0.465 e. The van der Waals surface area contributed by atoms with Crippen LogP contribution in [0.25, 0.3) is 0 Å². The SMILES string of the molecule is COC(=O)c1c(C)[nH]c(C(=O)NCC(=O)Nc2ccc(Br)cc2C)c1C. The minimum atomic E-state index is -0.515. The van der Waals surface area contributed by atoms with Gasteiger partial charge < -0.3 is 20.4 Å². The first-order chi connectivity index (χ1) is 12.2. The molecule has 2 aromatic rings. The summed E-state index contributed by atoms with van der Waals surface area (Å²) in [5.74, 6) is -1.33. The topological polar surface area (TPSA) is 100 Å². The van der Waals surface area contributed by atoms with Crippen molar-refractivity contribution in [1.29, 1.82) is 0 Å². The number of methoxy groups -OCH3 is 1. The highest BCUT2D eigenvalue weighted by Gasteiger charge is 2.22. The second kappa shape index (κ2) is 8.18. The van der Waals surface area contributed by atoms with Crippen LogP contribution in [0.2, 0.25) is 0 Å². The normalized spacial score (nSPS) is 10.3. The van der Waals surface area contributed by atoms with E-state index in [2.05, 4.69) is 31.5 Å². The number of carbonyl (C=O) groups excluding carboxylic acids is 3. The van der Waals surface area contributed by atoms with Crippen LogP contribution in [0.15, 0.2) is 22.7 Å². The molecule has 1 aromatic heterocycles. The zero-order valence-electron chi connectivity index (χ0n) is 15.0. The third kappa shape index (κ3) is 4.32. The molecule has 3 N–H and O–H groups in total. The Hall–Kier alpha value is -2.61. The van der Waals surface area contributed by atoms with E-state index in [-0.39, 0.29) is 18.1 Å². The molecule has 0 radical (unpaired) electrons. The Morgan fingerprint density at radius 1 is 1.19 bits per heavy atom. The van der Waals surface area contributed by atoms with E-state index in [9.17, 15) is 14.4 Å². The van der Waals surface area contributed by atoms with Crippen LogP contribution < -0.4 is 10.6 Å². The van der Waals surface area contributed by atoms with Crippen LogP contribution in [0.5, 0.6) is 0 Å². The number of anilines is 1. The zero-order valence-corrected chi connectivity index (χ0v) is 16.5. The van der Waals surface area contributed by atoms with Crippen molar-refractivity contribution < 1.29 is 19.1 Å². The summed E-state index contributed by atoms with van der Waals surface area (Å²) in [4.78, 5) is 39.0. The number of ether oxygens (including phenoxy) is 1. The van der Waals surface area contributed by atoms with Crippen LogP contribution in [0, 0.1) is 20.8 Å². The van der Waals surface area contributed by atoms with Gasteiger partial charge in [0.05, 0.1) is 19.2 Å². The third-order valence-electron chi connectivity index (χ3n) is 3.93. The van der Waals surface area contributed by atoms with Gasteiger partial charge in [0.25, 0.3) is 5.91 Å². The van der Waals surface area contributed by atoms with Crippen molar-refractivity contribution in [3.63, 3.8) is 0 Å². The maximum Gasteiger partial charge on any atom is 0.339 e. The number of esters is 1. The van der Waals surface area contributed by atoms with Gasteiger partial charge in [0.2, 0.25) is 5.91 Å². The molecule has 8 heteroatoms. The molecule has 26 heavy (non-hydrogen) atoms. The maximum atomic E-state index is 12.3. The van der Waals surface area contributed by atoms with Crippen molar-refractivity contribution in [2.45, 2.75) is 20.8 Å². The summed E-state index contributed by atoms with van der Waals surface area (Å²) in [5.41, 5.74) is 3.15. The quantitative estimate of drug-likeness (QED) is 0.646. The van der Waals surface area contributed by atoms with Gasteiger partial charge in [-0.25, -0.2) is 4.79 Å². The number of rotatable bonds is 5. The monoisotopic (exact) mass is 421 g/mol. The average Bonchev–Trinajstić information content (AvgIpc) is 2.89. The fraction of sp³-hybridized carbons (Fsp3) is 0.278. The molecule has 1 heterocycles. The molecule has 7 nitrogen and oxygen atoms in total. The highest BCUT2D eigenvalue weighted by atomic mass is 79.9. The molecule has 0 fully saturated rings. The number of aromatic nitrogens is 1. The fourth-order valence-corrected chi connectivity index (χ4v) is 3.07. The Morgan fingerprint density at radius 2 is 1.88 bits per heavy atom. The van der Waals surface area contributed by atoms with E-state index in [4.69, 9.17) is 4.74 Å². The molecule has 0 aliphatic carbocycles. The smallest absolute Gasteiger partial charge is 0.339 e. The van der Waals surface area contributed by atoms with Crippen LogP contribution >= 0.6 is 15.9 Å². The molecule has 1 aromatic carbocycles. The van der Waals surface area contributed by atoms with E-state index >= 15 is 0 Å². The van der Waals surface area contributed by atoms with Gasteiger partial charge in [0.1, 0.15) is 5.69 Å². The van der Waals surface area contributed by atoms with Crippen LogP contribution in [-0.4, -0.2) is 36.4 Å².